The van der Waals surface area contributed by atoms with Gasteiger partial charge in [-0.05, 0) is 73.0 Å². The molecule has 12 heteroatoms. The molecule has 1 aliphatic rings. The fourth-order valence-electron chi connectivity index (χ4n) is 4.41. The lowest BCUT2D eigenvalue weighted by molar-refractivity contribution is -0.642. The highest BCUT2D eigenvalue weighted by atomic mass is 32.2. The number of fused-ring (bicyclic) bond motifs is 1. The molecule has 0 spiro atoms. The number of benzene rings is 3. The molecular weight excluding hydrogens is 568 g/mol. The van der Waals surface area contributed by atoms with Crippen LogP contribution in [-0.2, 0) is 23.3 Å². The maximum absolute atomic E-state index is 13.4. The zero-order chi connectivity index (χ0) is 29.1. The van der Waals surface area contributed by atoms with Gasteiger partial charge < -0.3 is 14.6 Å². The zero-order valence-corrected chi connectivity index (χ0v) is 22.9. The predicted octanol–water partition coefficient (Wildman–Crippen LogP) is 5.61. The lowest BCUT2D eigenvalue weighted by Gasteiger charge is -2.25. The summed E-state index contributed by atoms with van der Waals surface area (Å²) in [5.74, 6) is -0.208. The molecular formula is C28H26F4N2O4S2. The van der Waals surface area contributed by atoms with Crippen molar-refractivity contribution in [2.75, 3.05) is 18.1 Å². The van der Waals surface area contributed by atoms with Crippen LogP contribution >= 0.6 is 11.3 Å². The summed E-state index contributed by atoms with van der Waals surface area (Å²) in [6.07, 6.45) is 1.81. The van der Waals surface area contributed by atoms with Crippen molar-refractivity contribution in [3.05, 3.63) is 88.7 Å². The van der Waals surface area contributed by atoms with E-state index in [0.29, 0.717) is 24.3 Å². The fraction of sp³-hybridized carbons (Fsp3) is 0.250. The molecule has 40 heavy (non-hydrogen) atoms. The summed E-state index contributed by atoms with van der Waals surface area (Å²) in [6, 6.07) is 15.9. The van der Waals surface area contributed by atoms with Gasteiger partial charge in [-0.1, -0.05) is 23.5 Å². The van der Waals surface area contributed by atoms with E-state index >= 15 is 0 Å². The van der Waals surface area contributed by atoms with Gasteiger partial charge in [0.15, 0.2) is 0 Å². The first-order valence-electron chi connectivity index (χ1n) is 12.2. The number of thiazole rings is 1. The molecule has 1 fully saturated rings. The number of hydrogen-bond donors (Lipinski definition) is 1. The normalized spacial score (nSPS) is 16.0. The van der Waals surface area contributed by atoms with Gasteiger partial charge in [-0.2, -0.15) is 17.7 Å². The van der Waals surface area contributed by atoms with Gasteiger partial charge in [0.05, 0.1) is 23.1 Å². The quantitative estimate of drug-likeness (QED) is 0.185. The van der Waals surface area contributed by atoms with E-state index in [2.05, 4.69) is 41.3 Å². The molecule has 0 radical (unpaired) electrons. The molecule has 2 heterocycles. The zero-order valence-electron chi connectivity index (χ0n) is 21.3. The molecule has 1 unspecified atom stereocenters. The highest BCUT2D eigenvalue weighted by Crippen LogP contribution is 2.30. The molecule has 212 valence electrons. The van der Waals surface area contributed by atoms with E-state index in [-0.39, 0.29) is 18.5 Å². The molecule has 0 saturated carbocycles. The minimum atomic E-state index is -4.68. The van der Waals surface area contributed by atoms with E-state index < -0.39 is 26.8 Å². The molecule has 3 aromatic carbocycles. The van der Waals surface area contributed by atoms with E-state index in [9.17, 15) is 35.6 Å². The number of aliphatic hydroxyl groups excluding tert-OH is 1. The summed E-state index contributed by atoms with van der Waals surface area (Å²) in [4.78, 5) is 1.61. The number of anilines is 1. The first-order valence-corrected chi connectivity index (χ1v) is 14.5. The van der Waals surface area contributed by atoms with Crippen LogP contribution in [0.15, 0.2) is 71.6 Å². The third-order valence-corrected chi connectivity index (χ3v) is 8.56. The summed E-state index contributed by atoms with van der Waals surface area (Å²) in [7, 11) is -2.72. The van der Waals surface area contributed by atoms with E-state index in [1.165, 1.54) is 11.8 Å². The van der Waals surface area contributed by atoms with Gasteiger partial charge in [0.1, 0.15) is 27.7 Å². The molecule has 1 aromatic heterocycles. The third kappa shape index (κ3) is 7.05. The van der Waals surface area contributed by atoms with Crippen LogP contribution < -0.4 is 9.47 Å². The Bertz CT molecular complexity index is 1600. The molecule has 0 aliphatic carbocycles. The SMILES string of the molecule is C[n+]1c(C=Cc2ccc(N3CCCC3CO)cc2)sc2ccc(F)cc21.O=S(=O)([O-])c1ccc(C(F)(F)F)cc1. The minimum absolute atomic E-state index is 0.208. The predicted molar refractivity (Wildman–Crippen MR) is 145 cm³/mol. The number of aliphatic hydroxyl groups is 1. The van der Waals surface area contributed by atoms with E-state index in [1.54, 1.807) is 17.4 Å². The van der Waals surface area contributed by atoms with E-state index in [1.807, 2.05) is 17.7 Å². The lowest BCUT2D eigenvalue weighted by Crippen LogP contribution is -2.31. The van der Waals surface area contributed by atoms with Gasteiger partial charge in [-0.25, -0.2) is 12.8 Å². The summed E-state index contributed by atoms with van der Waals surface area (Å²) in [5.41, 5.74) is 2.21. The monoisotopic (exact) mass is 594 g/mol. The smallest absolute Gasteiger partial charge is 0.416 e. The second-order valence-electron chi connectivity index (χ2n) is 9.18. The van der Waals surface area contributed by atoms with Crippen LogP contribution in [0.2, 0.25) is 0 Å². The molecule has 4 aromatic rings. The van der Waals surface area contributed by atoms with Gasteiger partial charge in [0.2, 0.25) is 5.52 Å². The number of nitrogens with zero attached hydrogens (tertiary/aromatic N) is 2. The number of aryl methyl sites for hydroxylation is 1. The molecule has 1 aliphatic heterocycles. The highest BCUT2D eigenvalue weighted by Gasteiger charge is 2.30. The Labute approximate surface area is 233 Å². The first-order chi connectivity index (χ1) is 18.9. The number of halogens is 4. The Hall–Kier alpha value is -3.32. The molecule has 5 rings (SSSR count). The van der Waals surface area contributed by atoms with Crippen LogP contribution in [0.25, 0.3) is 22.4 Å². The molecule has 0 bridgehead atoms. The van der Waals surface area contributed by atoms with Crippen LogP contribution in [0.5, 0.6) is 0 Å². The summed E-state index contributed by atoms with van der Waals surface area (Å²) < 4.78 is 83.6. The highest BCUT2D eigenvalue weighted by molar-refractivity contribution is 7.85. The Balaban J connectivity index is 0.000000224. The number of rotatable bonds is 5. The average Bonchev–Trinajstić information content (AvgIpc) is 3.52. The van der Waals surface area contributed by atoms with Crippen LogP contribution in [-0.4, -0.2) is 37.3 Å². The van der Waals surface area contributed by atoms with Crippen LogP contribution in [0.4, 0.5) is 23.2 Å². The molecule has 6 nitrogen and oxygen atoms in total. The molecule has 1 N–H and O–H groups in total. The van der Waals surface area contributed by atoms with Gasteiger partial charge >= 0.3 is 6.18 Å². The van der Waals surface area contributed by atoms with Crippen molar-refractivity contribution in [1.29, 1.82) is 0 Å². The Kier molecular flexibility index (Phi) is 8.93. The van der Waals surface area contributed by atoms with Gasteiger partial charge in [0.25, 0.3) is 5.01 Å². The van der Waals surface area contributed by atoms with Gasteiger partial charge in [-0.3, -0.25) is 0 Å². The van der Waals surface area contributed by atoms with Crippen molar-refractivity contribution in [2.24, 2.45) is 7.05 Å². The fourth-order valence-corrected chi connectivity index (χ4v) is 5.91. The number of aromatic nitrogens is 1. The topological polar surface area (TPSA) is 84.5 Å². The summed E-state index contributed by atoms with van der Waals surface area (Å²) in [6.45, 7) is 1.22. The number of hydrogen-bond acceptors (Lipinski definition) is 6. The van der Waals surface area contributed by atoms with Crippen molar-refractivity contribution in [3.63, 3.8) is 0 Å². The third-order valence-electron chi connectivity index (χ3n) is 6.53. The van der Waals surface area contributed by atoms with Crippen LogP contribution in [0.1, 0.15) is 29.0 Å². The van der Waals surface area contributed by atoms with E-state index in [4.69, 9.17) is 0 Å². The van der Waals surface area contributed by atoms with Crippen molar-refractivity contribution < 1.29 is 40.2 Å². The van der Waals surface area contributed by atoms with Crippen molar-refractivity contribution in [2.45, 2.75) is 30.0 Å². The maximum atomic E-state index is 13.4. The molecule has 1 saturated heterocycles. The Morgan fingerprint density at radius 1 is 1.07 bits per heavy atom. The van der Waals surface area contributed by atoms with Gasteiger partial charge in [-0.15, -0.1) is 0 Å². The van der Waals surface area contributed by atoms with Crippen LogP contribution in [0, 0.1) is 5.82 Å². The number of alkyl halides is 3. The molecule has 1 atom stereocenters. The van der Waals surface area contributed by atoms with Crippen molar-refractivity contribution in [1.82, 2.24) is 0 Å². The average molecular weight is 595 g/mol. The molecule has 0 amide bonds. The Morgan fingerprint density at radius 3 is 2.35 bits per heavy atom. The first kappa shape index (κ1) is 29.7. The van der Waals surface area contributed by atoms with Crippen molar-refractivity contribution >= 4 is 49.5 Å². The second kappa shape index (κ2) is 12.0. The minimum Gasteiger partial charge on any atom is -0.744 e. The van der Waals surface area contributed by atoms with Crippen LogP contribution in [0.3, 0.4) is 0 Å². The maximum Gasteiger partial charge on any atom is 0.416 e. The standard InChI is InChI=1S/C21H22FN2OS.C7H5F3O3S/c1-23-19-13-16(22)7-10-20(19)26-21(23)11-6-15-4-8-17(9-5-15)24-12-2-3-18(24)14-25;8-7(9,10)5-1-3-6(4-2-5)14(11,12)13/h4-11,13,18,25H,2-3,12,14H2,1H3;1-4H,(H,11,12,13)/q+1;/p-1. The van der Waals surface area contributed by atoms with E-state index in [0.717, 1.165) is 40.2 Å². The second-order valence-corrected chi connectivity index (χ2v) is 11.6. The van der Waals surface area contributed by atoms with Gasteiger partial charge in [0, 0.05) is 24.4 Å². The summed E-state index contributed by atoms with van der Waals surface area (Å²) in [5, 5.41) is 10.6. The lowest BCUT2D eigenvalue weighted by atomic mass is 10.1. The largest absolute Gasteiger partial charge is 0.744 e. The Morgan fingerprint density at radius 2 is 1.75 bits per heavy atom. The van der Waals surface area contributed by atoms with Crippen molar-refractivity contribution in [3.8, 4) is 0 Å². The summed E-state index contributed by atoms with van der Waals surface area (Å²) >= 11 is 1.65.